The lowest BCUT2D eigenvalue weighted by atomic mass is 9.88. The summed E-state index contributed by atoms with van der Waals surface area (Å²) in [6.45, 7) is 0.885. The molecule has 0 aromatic heterocycles. The van der Waals surface area contributed by atoms with E-state index in [1.165, 1.54) is 0 Å². The van der Waals surface area contributed by atoms with Gasteiger partial charge in [-0.2, -0.15) is 0 Å². The zero-order valence-electron chi connectivity index (χ0n) is 11.6. The minimum atomic E-state index is 0.401. The summed E-state index contributed by atoms with van der Waals surface area (Å²) in [6, 6.07) is 5.74. The third-order valence-electron chi connectivity index (χ3n) is 3.65. The Bertz CT molecular complexity index is 435. The van der Waals surface area contributed by atoms with Crippen molar-refractivity contribution in [3.63, 3.8) is 0 Å². The van der Waals surface area contributed by atoms with Crippen LogP contribution >= 0.6 is 0 Å². The molecule has 1 fully saturated rings. The van der Waals surface area contributed by atoms with Crippen molar-refractivity contribution in [1.29, 1.82) is 0 Å². The van der Waals surface area contributed by atoms with Crippen LogP contribution in [0.25, 0.3) is 0 Å². The lowest BCUT2D eigenvalue weighted by molar-refractivity contribution is -0.120. The molecule has 1 N–H and O–H groups in total. The van der Waals surface area contributed by atoms with Crippen molar-refractivity contribution < 1.29 is 14.3 Å². The smallest absolute Gasteiger partial charge is 0.145 e. The largest absolute Gasteiger partial charge is 0.497 e. The van der Waals surface area contributed by atoms with Gasteiger partial charge in [-0.05, 0) is 30.9 Å². The van der Waals surface area contributed by atoms with Crippen LogP contribution in [-0.2, 0) is 4.79 Å². The summed E-state index contributed by atoms with van der Waals surface area (Å²) in [5.74, 6) is 2.54. The van der Waals surface area contributed by atoms with Crippen LogP contribution in [0.15, 0.2) is 18.2 Å². The molecule has 2 rings (SSSR count). The van der Waals surface area contributed by atoms with Crippen molar-refractivity contribution in [3.8, 4) is 11.5 Å². The van der Waals surface area contributed by atoms with Gasteiger partial charge in [-0.1, -0.05) is 0 Å². The van der Waals surface area contributed by atoms with E-state index in [1.807, 2.05) is 18.2 Å². The average molecular weight is 263 g/mol. The van der Waals surface area contributed by atoms with E-state index in [1.54, 1.807) is 14.2 Å². The molecule has 0 bridgehead atoms. The molecule has 0 spiro atoms. The van der Waals surface area contributed by atoms with Gasteiger partial charge >= 0.3 is 0 Å². The maximum Gasteiger partial charge on any atom is 0.145 e. The molecule has 1 aromatic rings. The molecular formula is C15H21NO3. The van der Waals surface area contributed by atoms with Gasteiger partial charge in [0, 0.05) is 25.5 Å². The molecule has 0 unspecified atom stereocenters. The molecule has 104 valence electrons. The highest BCUT2D eigenvalue weighted by Crippen LogP contribution is 2.30. The van der Waals surface area contributed by atoms with E-state index in [9.17, 15) is 4.79 Å². The van der Waals surface area contributed by atoms with Crippen LogP contribution in [0.3, 0.4) is 0 Å². The average Bonchev–Trinajstić information content (AvgIpc) is 2.46. The van der Waals surface area contributed by atoms with E-state index in [-0.39, 0.29) is 0 Å². The first kappa shape index (κ1) is 13.7. The monoisotopic (exact) mass is 263 g/mol. The number of nitrogens with one attached hydrogen (secondary N) is 1. The molecule has 1 aliphatic carbocycles. The molecule has 4 heteroatoms. The summed E-state index contributed by atoms with van der Waals surface area (Å²) in [5.41, 5.74) is 0.972. The Hall–Kier alpha value is -1.71. The summed E-state index contributed by atoms with van der Waals surface area (Å²) in [6.07, 6.45) is 3.44. The van der Waals surface area contributed by atoms with Gasteiger partial charge in [0.15, 0.2) is 0 Å². The van der Waals surface area contributed by atoms with E-state index >= 15 is 0 Å². The molecular weight excluding hydrogens is 242 g/mol. The zero-order chi connectivity index (χ0) is 13.7. The minimum absolute atomic E-state index is 0.401. The lowest BCUT2D eigenvalue weighted by Gasteiger charge is -2.22. The third-order valence-corrected chi connectivity index (χ3v) is 3.65. The Morgan fingerprint density at radius 2 is 1.95 bits per heavy atom. The van der Waals surface area contributed by atoms with Crippen molar-refractivity contribution in [2.75, 3.05) is 26.1 Å². The molecule has 0 atom stereocenters. The number of rotatable bonds is 5. The van der Waals surface area contributed by atoms with Gasteiger partial charge in [-0.15, -0.1) is 0 Å². The van der Waals surface area contributed by atoms with Crippen LogP contribution in [0.1, 0.15) is 25.7 Å². The van der Waals surface area contributed by atoms with E-state index < -0.39 is 0 Å². The molecule has 4 nitrogen and oxygen atoms in total. The Morgan fingerprint density at radius 1 is 1.21 bits per heavy atom. The zero-order valence-corrected chi connectivity index (χ0v) is 11.6. The molecule has 0 aliphatic heterocycles. The second kappa shape index (κ2) is 6.45. The first-order chi connectivity index (χ1) is 9.22. The van der Waals surface area contributed by atoms with Gasteiger partial charge in [-0.25, -0.2) is 0 Å². The van der Waals surface area contributed by atoms with Gasteiger partial charge in [0.1, 0.15) is 17.3 Å². The van der Waals surface area contributed by atoms with E-state index in [0.29, 0.717) is 11.7 Å². The first-order valence-corrected chi connectivity index (χ1v) is 6.70. The number of benzene rings is 1. The van der Waals surface area contributed by atoms with Crippen molar-refractivity contribution in [1.82, 2.24) is 0 Å². The molecule has 0 radical (unpaired) electrons. The second-order valence-corrected chi connectivity index (χ2v) is 4.93. The van der Waals surface area contributed by atoms with Crippen LogP contribution < -0.4 is 14.8 Å². The van der Waals surface area contributed by atoms with Crippen molar-refractivity contribution >= 4 is 11.5 Å². The predicted octanol–water partition coefficient (Wildman–Crippen LogP) is 2.88. The van der Waals surface area contributed by atoms with E-state index in [0.717, 1.165) is 49.4 Å². The van der Waals surface area contributed by atoms with Gasteiger partial charge in [0.25, 0.3) is 0 Å². The van der Waals surface area contributed by atoms with Crippen LogP contribution in [0.4, 0.5) is 5.69 Å². The summed E-state index contributed by atoms with van der Waals surface area (Å²) < 4.78 is 10.5. The van der Waals surface area contributed by atoms with Crippen molar-refractivity contribution in [2.24, 2.45) is 5.92 Å². The Balaban J connectivity index is 1.93. The van der Waals surface area contributed by atoms with Crippen molar-refractivity contribution in [2.45, 2.75) is 25.7 Å². The van der Waals surface area contributed by atoms with Gasteiger partial charge in [-0.3, -0.25) is 4.79 Å². The highest BCUT2D eigenvalue weighted by Gasteiger charge is 2.18. The summed E-state index contributed by atoms with van der Waals surface area (Å²) in [7, 11) is 3.29. The maximum atomic E-state index is 11.2. The van der Waals surface area contributed by atoms with E-state index in [2.05, 4.69) is 5.32 Å². The number of methoxy groups -OCH3 is 2. The number of hydrogen-bond donors (Lipinski definition) is 1. The Labute approximate surface area is 114 Å². The number of anilines is 1. The number of Topliss-reactive ketones (excluding diaryl/α,β-unsaturated/α-hetero) is 1. The molecule has 1 aromatic carbocycles. The van der Waals surface area contributed by atoms with Crippen LogP contribution in [0.5, 0.6) is 11.5 Å². The van der Waals surface area contributed by atoms with Gasteiger partial charge < -0.3 is 14.8 Å². The fourth-order valence-electron chi connectivity index (χ4n) is 2.40. The third kappa shape index (κ3) is 3.63. The van der Waals surface area contributed by atoms with Crippen LogP contribution in [0.2, 0.25) is 0 Å². The Morgan fingerprint density at radius 3 is 2.58 bits per heavy atom. The van der Waals surface area contributed by atoms with Gasteiger partial charge in [0.2, 0.25) is 0 Å². The summed E-state index contributed by atoms with van der Waals surface area (Å²) in [5, 5.41) is 3.41. The molecule has 1 aliphatic rings. The Kier molecular flexibility index (Phi) is 4.66. The van der Waals surface area contributed by atoms with Crippen molar-refractivity contribution in [3.05, 3.63) is 18.2 Å². The number of carbonyl (C=O) groups excluding carboxylic acids is 1. The number of carbonyl (C=O) groups is 1. The molecule has 0 amide bonds. The minimum Gasteiger partial charge on any atom is -0.497 e. The fourth-order valence-corrected chi connectivity index (χ4v) is 2.40. The normalized spacial score (nSPS) is 16.2. The first-order valence-electron chi connectivity index (χ1n) is 6.70. The molecule has 0 saturated heterocycles. The quantitative estimate of drug-likeness (QED) is 0.887. The topological polar surface area (TPSA) is 47.6 Å². The molecule has 1 saturated carbocycles. The number of hydrogen-bond acceptors (Lipinski definition) is 4. The highest BCUT2D eigenvalue weighted by molar-refractivity contribution is 5.79. The van der Waals surface area contributed by atoms with Crippen LogP contribution in [0, 0.1) is 5.92 Å². The second-order valence-electron chi connectivity index (χ2n) is 4.93. The van der Waals surface area contributed by atoms with E-state index in [4.69, 9.17) is 9.47 Å². The fraction of sp³-hybridized carbons (Fsp3) is 0.533. The summed E-state index contributed by atoms with van der Waals surface area (Å²) in [4.78, 5) is 11.2. The SMILES string of the molecule is COc1ccc(NCC2CCC(=O)CC2)c(OC)c1. The predicted molar refractivity (Wildman–Crippen MR) is 75.0 cm³/mol. The lowest BCUT2D eigenvalue weighted by Crippen LogP contribution is -2.21. The van der Waals surface area contributed by atoms with Crippen LogP contribution in [-0.4, -0.2) is 26.5 Å². The number of ketones is 1. The maximum absolute atomic E-state index is 11.2. The summed E-state index contributed by atoms with van der Waals surface area (Å²) >= 11 is 0. The molecule has 19 heavy (non-hydrogen) atoms. The highest BCUT2D eigenvalue weighted by atomic mass is 16.5. The standard InChI is InChI=1S/C15H21NO3/c1-18-13-7-8-14(15(9-13)19-2)16-10-11-3-5-12(17)6-4-11/h7-9,11,16H,3-6,10H2,1-2H3. The number of ether oxygens (including phenoxy) is 2. The molecule has 0 heterocycles. The van der Waals surface area contributed by atoms with Gasteiger partial charge in [0.05, 0.1) is 19.9 Å².